The highest BCUT2D eigenvalue weighted by Crippen LogP contribution is 2.44. The minimum Gasteiger partial charge on any atom is -0.507 e. The normalized spacial score (nSPS) is 17.1. The number of nitrogens with zero attached hydrogens (tertiary/aromatic N) is 1. The first kappa shape index (κ1) is 24.8. The van der Waals surface area contributed by atoms with Gasteiger partial charge in [-0.3, -0.25) is 14.5 Å². The molecule has 1 atom stereocenters. The van der Waals surface area contributed by atoms with Crippen LogP contribution in [0, 0.1) is 6.92 Å². The van der Waals surface area contributed by atoms with Crippen LogP contribution in [0.1, 0.15) is 29.7 Å². The van der Waals surface area contributed by atoms with Crippen molar-refractivity contribution in [3.8, 4) is 11.5 Å². The van der Waals surface area contributed by atoms with Crippen LogP contribution in [-0.2, 0) is 9.59 Å². The van der Waals surface area contributed by atoms with Gasteiger partial charge in [0.25, 0.3) is 11.7 Å². The third kappa shape index (κ3) is 4.66. The van der Waals surface area contributed by atoms with E-state index in [1.54, 1.807) is 60.7 Å². The molecule has 180 valence electrons. The fraction of sp³-hybridized carbons (Fsp3) is 0.185. The molecule has 35 heavy (non-hydrogen) atoms. The average molecular weight is 557 g/mol. The average Bonchev–Trinajstić information content (AvgIpc) is 3.11. The van der Waals surface area contributed by atoms with Crippen molar-refractivity contribution in [1.29, 1.82) is 0 Å². The van der Waals surface area contributed by atoms with Crippen molar-refractivity contribution in [2.24, 2.45) is 0 Å². The van der Waals surface area contributed by atoms with Crippen LogP contribution in [0.5, 0.6) is 11.5 Å². The molecule has 4 rings (SSSR count). The van der Waals surface area contributed by atoms with E-state index in [-0.39, 0.29) is 11.3 Å². The van der Waals surface area contributed by atoms with Crippen LogP contribution in [0.3, 0.4) is 0 Å². The van der Waals surface area contributed by atoms with Crippen LogP contribution in [0.4, 0.5) is 5.69 Å². The Morgan fingerprint density at radius 3 is 2.51 bits per heavy atom. The molecule has 0 aromatic heterocycles. The van der Waals surface area contributed by atoms with Crippen molar-refractivity contribution in [3.63, 3.8) is 0 Å². The van der Waals surface area contributed by atoms with Crippen LogP contribution < -0.4 is 14.4 Å². The molecule has 1 aliphatic heterocycles. The Morgan fingerprint density at radius 2 is 1.86 bits per heavy atom. The van der Waals surface area contributed by atoms with E-state index in [0.717, 1.165) is 10.0 Å². The summed E-state index contributed by atoms with van der Waals surface area (Å²) in [5.41, 5.74) is 2.29. The van der Waals surface area contributed by atoms with Crippen LogP contribution in [0.15, 0.2) is 70.7 Å². The molecule has 0 spiro atoms. The van der Waals surface area contributed by atoms with Crippen molar-refractivity contribution >= 4 is 50.7 Å². The maximum Gasteiger partial charge on any atom is 0.300 e. The molecular weight excluding hydrogens is 534 g/mol. The van der Waals surface area contributed by atoms with E-state index >= 15 is 0 Å². The molecule has 1 unspecified atom stereocenters. The molecule has 0 aliphatic carbocycles. The van der Waals surface area contributed by atoms with Crippen molar-refractivity contribution in [2.75, 3.05) is 18.6 Å². The third-order valence-corrected chi connectivity index (χ3v) is 6.89. The number of halogens is 2. The molecule has 1 heterocycles. The number of Topliss-reactive ketones (excluding diaryl/α,β-unsaturated/α-hetero) is 1. The summed E-state index contributed by atoms with van der Waals surface area (Å²) in [6.45, 7) is 4.12. The highest BCUT2D eigenvalue weighted by Gasteiger charge is 2.47. The van der Waals surface area contributed by atoms with Gasteiger partial charge in [0.1, 0.15) is 5.76 Å². The zero-order valence-corrected chi connectivity index (χ0v) is 21.7. The van der Waals surface area contributed by atoms with Gasteiger partial charge >= 0.3 is 0 Å². The summed E-state index contributed by atoms with van der Waals surface area (Å²) in [4.78, 5) is 28.0. The number of benzene rings is 3. The largest absolute Gasteiger partial charge is 0.507 e. The number of aliphatic hydroxyl groups excluding tert-OH is 1. The summed E-state index contributed by atoms with van der Waals surface area (Å²) in [5.74, 6) is -0.840. The number of hydrogen-bond acceptors (Lipinski definition) is 5. The Kier molecular flexibility index (Phi) is 7.19. The lowest BCUT2D eigenvalue weighted by Crippen LogP contribution is -2.29. The first-order valence-electron chi connectivity index (χ1n) is 10.9. The summed E-state index contributed by atoms with van der Waals surface area (Å²) in [6.07, 6.45) is 0. The topological polar surface area (TPSA) is 76.1 Å². The molecule has 6 nitrogen and oxygen atoms in total. The minimum absolute atomic E-state index is 0.0238. The lowest BCUT2D eigenvalue weighted by molar-refractivity contribution is -0.132. The van der Waals surface area contributed by atoms with Crippen molar-refractivity contribution in [2.45, 2.75) is 19.9 Å². The Morgan fingerprint density at radius 1 is 1.09 bits per heavy atom. The smallest absolute Gasteiger partial charge is 0.300 e. The summed E-state index contributed by atoms with van der Waals surface area (Å²) in [6, 6.07) is 16.2. The highest BCUT2D eigenvalue weighted by molar-refractivity contribution is 9.10. The lowest BCUT2D eigenvalue weighted by atomic mass is 9.94. The van der Waals surface area contributed by atoms with Gasteiger partial charge in [-0.1, -0.05) is 45.7 Å². The van der Waals surface area contributed by atoms with E-state index in [4.69, 9.17) is 21.1 Å². The molecule has 0 saturated carbocycles. The second-order valence-corrected chi connectivity index (χ2v) is 9.25. The van der Waals surface area contributed by atoms with E-state index < -0.39 is 17.7 Å². The molecule has 1 aliphatic rings. The highest BCUT2D eigenvalue weighted by atomic mass is 79.9. The number of aryl methyl sites for hydroxylation is 1. The molecule has 8 heteroatoms. The van der Waals surface area contributed by atoms with E-state index in [0.29, 0.717) is 39.9 Å². The van der Waals surface area contributed by atoms with Gasteiger partial charge in [0.2, 0.25) is 0 Å². The summed E-state index contributed by atoms with van der Waals surface area (Å²) in [5, 5.41) is 11.7. The predicted octanol–water partition coefficient (Wildman–Crippen LogP) is 6.44. The number of rotatable bonds is 6. The van der Waals surface area contributed by atoms with E-state index in [1.807, 2.05) is 13.8 Å². The van der Waals surface area contributed by atoms with Gasteiger partial charge in [0.05, 0.1) is 25.3 Å². The number of hydrogen-bond donors (Lipinski definition) is 1. The quantitative estimate of drug-likeness (QED) is 0.215. The van der Waals surface area contributed by atoms with Gasteiger partial charge in [-0.05, 0) is 67.4 Å². The van der Waals surface area contributed by atoms with Crippen LogP contribution in [0.2, 0.25) is 5.02 Å². The molecule has 3 aromatic carbocycles. The summed E-state index contributed by atoms with van der Waals surface area (Å²) >= 11 is 9.66. The van der Waals surface area contributed by atoms with Gasteiger partial charge in [-0.15, -0.1) is 0 Å². The molecule has 1 saturated heterocycles. The molecular formula is C27H23BrClNO5. The van der Waals surface area contributed by atoms with Gasteiger partial charge < -0.3 is 14.6 Å². The first-order chi connectivity index (χ1) is 16.8. The Bertz CT molecular complexity index is 1350. The predicted molar refractivity (Wildman–Crippen MR) is 139 cm³/mol. The lowest BCUT2D eigenvalue weighted by Gasteiger charge is -2.26. The fourth-order valence-electron chi connectivity index (χ4n) is 4.12. The second-order valence-electron chi connectivity index (χ2n) is 7.96. The zero-order valence-electron chi connectivity index (χ0n) is 19.3. The molecule has 1 amide bonds. The van der Waals surface area contributed by atoms with Gasteiger partial charge in [-0.25, -0.2) is 0 Å². The van der Waals surface area contributed by atoms with E-state index in [2.05, 4.69) is 15.9 Å². The number of anilines is 1. The third-order valence-electron chi connectivity index (χ3n) is 5.77. The Hall–Kier alpha value is -3.29. The van der Waals surface area contributed by atoms with Crippen LogP contribution >= 0.6 is 27.5 Å². The first-order valence-corrected chi connectivity index (χ1v) is 12.1. The number of methoxy groups -OCH3 is 1. The molecule has 0 bridgehead atoms. The molecule has 1 fully saturated rings. The van der Waals surface area contributed by atoms with Gasteiger partial charge in [0.15, 0.2) is 11.5 Å². The number of ketones is 1. The summed E-state index contributed by atoms with van der Waals surface area (Å²) < 4.78 is 12.0. The molecule has 1 N–H and O–H groups in total. The van der Waals surface area contributed by atoms with Gasteiger partial charge in [-0.2, -0.15) is 0 Å². The number of aliphatic hydroxyl groups is 1. The van der Waals surface area contributed by atoms with Crippen LogP contribution in [0.25, 0.3) is 5.76 Å². The number of carbonyl (C=O) groups excluding carboxylic acids is 2. The Balaban J connectivity index is 1.98. The maximum absolute atomic E-state index is 13.4. The zero-order chi connectivity index (χ0) is 25.3. The second kappa shape index (κ2) is 10.1. The number of amides is 1. The SMILES string of the molecule is CCOc1cc(C2/C(=C(/O)c3ccc(Br)c(C)c3)C(=O)C(=O)N2c2cccc(Cl)c2)ccc1OC. The number of ether oxygens (including phenoxy) is 2. The Labute approximate surface area is 216 Å². The summed E-state index contributed by atoms with van der Waals surface area (Å²) in [7, 11) is 1.53. The molecule has 0 radical (unpaired) electrons. The standard InChI is InChI=1S/C27H23BrClNO5/c1-4-35-22-13-16(9-11-21(22)34-3)24-23(25(31)17-8-10-20(28)15(2)12-17)26(32)27(33)30(24)19-7-5-6-18(29)14-19/h5-14,24,31H,4H2,1-3H3/b25-23-. The fourth-order valence-corrected chi connectivity index (χ4v) is 4.55. The monoisotopic (exact) mass is 555 g/mol. The maximum atomic E-state index is 13.4. The van der Waals surface area contributed by atoms with Gasteiger partial charge in [0, 0.05) is 20.7 Å². The van der Waals surface area contributed by atoms with Crippen molar-refractivity contribution in [1.82, 2.24) is 0 Å². The van der Waals surface area contributed by atoms with E-state index in [1.165, 1.54) is 12.0 Å². The van der Waals surface area contributed by atoms with E-state index in [9.17, 15) is 14.7 Å². The van der Waals surface area contributed by atoms with Crippen LogP contribution in [-0.4, -0.2) is 30.5 Å². The number of carbonyl (C=O) groups is 2. The molecule has 3 aromatic rings. The minimum atomic E-state index is -0.914. The van der Waals surface area contributed by atoms with Crippen molar-refractivity contribution < 1.29 is 24.2 Å². The van der Waals surface area contributed by atoms with Crippen molar-refractivity contribution in [3.05, 3.63) is 92.4 Å².